The summed E-state index contributed by atoms with van der Waals surface area (Å²) in [5.74, 6) is 0.812. The van der Waals surface area contributed by atoms with Crippen molar-refractivity contribution in [3.8, 4) is 0 Å². The van der Waals surface area contributed by atoms with Gasteiger partial charge in [-0.15, -0.1) is 23.5 Å². The van der Waals surface area contributed by atoms with Crippen molar-refractivity contribution in [3.05, 3.63) is 23.8 Å². The molecule has 0 aliphatic rings. The van der Waals surface area contributed by atoms with Gasteiger partial charge in [-0.3, -0.25) is 0 Å². The first-order valence-electron chi connectivity index (χ1n) is 4.11. The summed E-state index contributed by atoms with van der Waals surface area (Å²) in [5.41, 5.74) is 1.39. The molecule has 0 spiro atoms. The van der Waals surface area contributed by atoms with Gasteiger partial charge in [0.15, 0.2) is 0 Å². The van der Waals surface area contributed by atoms with Crippen molar-refractivity contribution in [2.45, 2.75) is 16.2 Å². The number of hydrogen-bond acceptors (Lipinski definition) is 2. The van der Waals surface area contributed by atoms with Crippen LogP contribution in [0.15, 0.2) is 28.0 Å². The van der Waals surface area contributed by atoms with Crippen LogP contribution >= 0.6 is 36.2 Å². The maximum atomic E-state index is 4.99. The van der Waals surface area contributed by atoms with Crippen molar-refractivity contribution >= 4 is 36.2 Å². The maximum absolute atomic E-state index is 4.99. The second-order valence-electron chi connectivity index (χ2n) is 2.63. The molecule has 0 unspecified atom stereocenters. The first-order chi connectivity index (χ1) is 6.31. The van der Waals surface area contributed by atoms with Gasteiger partial charge < -0.3 is 0 Å². The van der Waals surface area contributed by atoms with E-state index in [-0.39, 0.29) is 0 Å². The molecule has 0 nitrogen and oxygen atoms in total. The van der Waals surface area contributed by atoms with Crippen molar-refractivity contribution in [1.82, 2.24) is 0 Å². The Hall–Kier alpha value is 0.270. The third-order valence-corrected chi connectivity index (χ3v) is 3.61. The summed E-state index contributed by atoms with van der Waals surface area (Å²) < 4.78 is 0. The van der Waals surface area contributed by atoms with Crippen LogP contribution in [0.1, 0.15) is 5.56 Å². The van der Waals surface area contributed by atoms with Gasteiger partial charge in [0.1, 0.15) is 0 Å². The van der Waals surface area contributed by atoms with E-state index in [1.54, 1.807) is 23.5 Å². The van der Waals surface area contributed by atoms with Gasteiger partial charge >= 0.3 is 0 Å². The highest BCUT2D eigenvalue weighted by Crippen LogP contribution is 2.26. The molecule has 0 aliphatic heterocycles. The summed E-state index contributed by atoms with van der Waals surface area (Å²) in [4.78, 5) is 2.70. The third kappa shape index (κ3) is 3.15. The molecule has 0 aromatic heterocycles. The largest absolute Gasteiger partial charge is 0.130 e. The lowest BCUT2D eigenvalue weighted by Crippen LogP contribution is -1.89. The fourth-order valence-electron chi connectivity index (χ4n) is 1.17. The van der Waals surface area contributed by atoms with E-state index in [1.807, 2.05) is 0 Å². The summed E-state index contributed by atoms with van der Waals surface area (Å²) in [6.07, 6.45) is 5.23. The minimum atomic E-state index is 0.812. The standard InChI is InChI=1S/C10H13S3/c1-12-9-4-3-8(5-6-11)10(7-9)13-2/h3-4,7H,5-6H2,1-2H3. The summed E-state index contributed by atoms with van der Waals surface area (Å²) in [6.45, 7) is 0. The molecule has 71 valence electrons. The van der Waals surface area contributed by atoms with Crippen LogP contribution in [0.2, 0.25) is 0 Å². The lowest BCUT2D eigenvalue weighted by molar-refractivity contribution is 1.08. The first kappa shape index (κ1) is 11.3. The Kier molecular flexibility index (Phi) is 5.14. The van der Waals surface area contributed by atoms with Crippen molar-refractivity contribution < 1.29 is 0 Å². The van der Waals surface area contributed by atoms with Gasteiger partial charge in [-0.1, -0.05) is 18.7 Å². The van der Waals surface area contributed by atoms with E-state index >= 15 is 0 Å². The zero-order valence-electron chi connectivity index (χ0n) is 7.87. The zero-order chi connectivity index (χ0) is 9.68. The number of thioether (sulfide) groups is 2. The summed E-state index contributed by atoms with van der Waals surface area (Å²) in [5, 5.41) is 0. The van der Waals surface area contributed by atoms with E-state index in [2.05, 4.69) is 30.7 Å². The Morgan fingerprint density at radius 1 is 1.23 bits per heavy atom. The monoisotopic (exact) mass is 229 g/mol. The lowest BCUT2D eigenvalue weighted by Gasteiger charge is -2.07. The van der Waals surface area contributed by atoms with Gasteiger partial charge in [0.25, 0.3) is 0 Å². The van der Waals surface area contributed by atoms with Crippen LogP contribution in [-0.4, -0.2) is 18.3 Å². The molecule has 13 heavy (non-hydrogen) atoms. The zero-order valence-corrected chi connectivity index (χ0v) is 10.3. The van der Waals surface area contributed by atoms with Crippen molar-refractivity contribution in [1.29, 1.82) is 0 Å². The van der Waals surface area contributed by atoms with Crippen molar-refractivity contribution in [3.63, 3.8) is 0 Å². The van der Waals surface area contributed by atoms with Crippen LogP contribution in [0.3, 0.4) is 0 Å². The maximum Gasteiger partial charge on any atom is 0.0113 e. The second-order valence-corrected chi connectivity index (χ2v) is 4.77. The Morgan fingerprint density at radius 2 is 2.00 bits per heavy atom. The van der Waals surface area contributed by atoms with Crippen LogP contribution in [0.5, 0.6) is 0 Å². The predicted molar refractivity (Wildman–Crippen MR) is 66.2 cm³/mol. The van der Waals surface area contributed by atoms with Gasteiger partial charge in [0.05, 0.1) is 0 Å². The molecule has 0 heterocycles. The topological polar surface area (TPSA) is 0 Å². The Morgan fingerprint density at radius 3 is 2.54 bits per heavy atom. The normalized spacial score (nSPS) is 10.4. The molecule has 0 amide bonds. The molecule has 1 aromatic carbocycles. The van der Waals surface area contributed by atoms with Crippen LogP contribution in [0, 0.1) is 0 Å². The molecule has 0 saturated heterocycles. The van der Waals surface area contributed by atoms with E-state index in [1.165, 1.54) is 15.4 Å². The van der Waals surface area contributed by atoms with Crippen molar-refractivity contribution in [2.75, 3.05) is 18.3 Å². The fraction of sp³-hybridized carbons (Fsp3) is 0.400. The number of aryl methyl sites for hydroxylation is 1. The molecule has 0 atom stereocenters. The predicted octanol–water partition coefficient (Wildman–Crippen LogP) is 3.87. The highest BCUT2D eigenvalue weighted by atomic mass is 32.2. The van der Waals surface area contributed by atoms with E-state index in [9.17, 15) is 0 Å². The molecular weight excluding hydrogens is 216 g/mol. The molecule has 0 N–H and O–H groups in total. The minimum Gasteiger partial charge on any atom is -0.130 e. The van der Waals surface area contributed by atoms with Crippen LogP contribution < -0.4 is 0 Å². The highest BCUT2D eigenvalue weighted by molar-refractivity contribution is 7.99. The van der Waals surface area contributed by atoms with Gasteiger partial charge in [-0.2, -0.15) is 0 Å². The van der Waals surface area contributed by atoms with E-state index < -0.39 is 0 Å². The quantitative estimate of drug-likeness (QED) is 0.719. The highest BCUT2D eigenvalue weighted by Gasteiger charge is 2.01. The smallest absolute Gasteiger partial charge is 0.0113 e. The minimum absolute atomic E-state index is 0.812. The van der Waals surface area contributed by atoms with E-state index in [4.69, 9.17) is 12.6 Å². The average molecular weight is 229 g/mol. The third-order valence-electron chi connectivity index (χ3n) is 1.87. The molecule has 0 saturated carbocycles. The molecule has 0 bridgehead atoms. The SMILES string of the molecule is CSc1ccc(CC[S])c(SC)c1. The molecule has 1 radical (unpaired) electrons. The number of hydrogen-bond donors (Lipinski definition) is 0. The van der Waals surface area contributed by atoms with Crippen molar-refractivity contribution in [2.24, 2.45) is 0 Å². The van der Waals surface area contributed by atoms with Gasteiger partial charge in [0.2, 0.25) is 0 Å². The van der Waals surface area contributed by atoms with E-state index in [0.29, 0.717) is 0 Å². The number of rotatable bonds is 4. The Balaban J connectivity index is 2.93. The Labute approximate surface area is 94.3 Å². The lowest BCUT2D eigenvalue weighted by atomic mass is 10.2. The average Bonchev–Trinajstić information content (AvgIpc) is 2.19. The van der Waals surface area contributed by atoms with Gasteiger partial charge in [-0.25, -0.2) is 0 Å². The summed E-state index contributed by atoms with van der Waals surface area (Å²) in [6, 6.07) is 6.62. The second kappa shape index (κ2) is 5.89. The molecule has 0 aliphatic carbocycles. The van der Waals surface area contributed by atoms with Gasteiger partial charge in [-0.05, 0) is 36.6 Å². The van der Waals surface area contributed by atoms with Gasteiger partial charge in [0, 0.05) is 15.5 Å². The molecule has 3 heteroatoms. The molecule has 1 rings (SSSR count). The fourth-order valence-corrected chi connectivity index (χ4v) is 2.58. The molecule has 0 fully saturated rings. The van der Waals surface area contributed by atoms with Crippen LogP contribution in [-0.2, 0) is 6.42 Å². The van der Waals surface area contributed by atoms with Crippen LogP contribution in [0.25, 0.3) is 0 Å². The Bertz CT molecular complexity index is 271. The number of benzene rings is 1. The van der Waals surface area contributed by atoms with Crippen LogP contribution in [0.4, 0.5) is 0 Å². The molecular formula is C10H13S3. The molecule has 1 aromatic rings. The summed E-state index contributed by atoms with van der Waals surface area (Å²) in [7, 11) is 0. The summed E-state index contributed by atoms with van der Waals surface area (Å²) >= 11 is 8.58. The van der Waals surface area contributed by atoms with E-state index in [0.717, 1.165) is 12.2 Å². The first-order valence-corrected chi connectivity index (χ1v) is 7.13.